The Morgan fingerprint density at radius 1 is 1.20 bits per heavy atom. The van der Waals surface area contributed by atoms with E-state index in [2.05, 4.69) is 0 Å². The molecule has 2 unspecified atom stereocenters. The van der Waals surface area contributed by atoms with Crippen molar-refractivity contribution in [2.45, 2.75) is 6.04 Å². The van der Waals surface area contributed by atoms with E-state index in [0.29, 0.717) is 18.2 Å². The Morgan fingerprint density at radius 2 is 1.95 bits per heavy atom. The second kappa shape index (κ2) is 5.09. The molecule has 2 aromatic rings. The van der Waals surface area contributed by atoms with E-state index in [0.717, 1.165) is 16.9 Å². The van der Waals surface area contributed by atoms with Gasteiger partial charge in [-0.1, -0.05) is 41.9 Å². The molecule has 0 aliphatic carbocycles. The zero-order chi connectivity index (χ0) is 14.2. The molecule has 20 heavy (non-hydrogen) atoms. The van der Waals surface area contributed by atoms with Crippen molar-refractivity contribution in [1.29, 1.82) is 0 Å². The smallest absolute Gasteiger partial charge is 0.144 e. The van der Waals surface area contributed by atoms with Crippen LogP contribution in [0.15, 0.2) is 48.5 Å². The van der Waals surface area contributed by atoms with Crippen molar-refractivity contribution < 1.29 is 9.38 Å². The second-order valence-corrected chi connectivity index (χ2v) is 5.68. The highest BCUT2D eigenvalue weighted by atomic mass is 35.5. The number of quaternary nitrogens is 1. The Labute approximate surface area is 123 Å². The van der Waals surface area contributed by atoms with Gasteiger partial charge < -0.3 is 14.6 Å². The Balaban J connectivity index is 2.20. The van der Waals surface area contributed by atoms with Gasteiger partial charge in [0.15, 0.2) is 0 Å². The normalized spacial score (nSPS) is 25.4. The van der Waals surface area contributed by atoms with E-state index < -0.39 is 4.65 Å². The average molecular weight is 290 g/mol. The maximum absolute atomic E-state index is 13.0. The van der Waals surface area contributed by atoms with E-state index in [1.54, 1.807) is 13.1 Å². The monoisotopic (exact) mass is 289 g/mol. The summed E-state index contributed by atoms with van der Waals surface area (Å²) in [5, 5.41) is 13.6. The predicted molar refractivity (Wildman–Crippen MR) is 79.7 cm³/mol. The molecule has 0 aromatic heterocycles. The molecule has 3 nitrogen and oxygen atoms in total. The summed E-state index contributed by atoms with van der Waals surface area (Å²) in [6.45, 7) is 0.823. The van der Waals surface area contributed by atoms with Gasteiger partial charge in [0.05, 0.1) is 12.6 Å². The maximum Gasteiger partial charge on any atom is 0.144 e. The third-order valence-electron chi connectivity index (χ3n) is 3.72. The molecule has 0 fully saturated rings. The Hall–Kier alpha value is -1.55. The van der Waals surface area contributed by atoms with E-state index in [-0.39, 0.29) is 6.04 Å². The lowest BCUT2D eigenvalue weighted by Gasteiger charge is -2.44. The first-order valence-electron chi connectivity index (χ1n) is 6.61. The average Bonchev–Trinajstić information content (AvgIpc) is 2.54. The number of likely N-dealkylation sites (N-methyl/N-ethyl adjacent to an activating group) is 1. The topological polar surface area (TPSA) is 32.3 Å². The summed E-state index contributed by atoms with van der Waals surface area (Å²) in [4.78, 5) is 0. The molecule has 0 radical (unpaired) electrons. The zero-order valence-electron chi connectivity index (χ0n) is 11.3. The molecule has 0 saturated heterocycles. The van der Waals surface area contributed by atoms with Crippen molar-refractivity contribution in [2.24, 2.45) is 0 Å². The third kappa shape index (κ3) is 2.40. The highest BCUT2D eigenvalue weighted by Gasteiger charge is 2.33. The summed E-state index contributed by atoms with van der Waals surface area (Å²) in [6, 6.07) is 15.0. The minimum absolute atomic E-state index is 0.313. The number of fused-ring (bicyclic) bond motifs is 1. The molecule has 0 spiro atoms. The van der Waals surface area contributed by atoms with Gasteiger partial charge in [-0.05, 0) is 18.2 Å². The van der Waals surface area contributed by atoms with Crippen molar-refractivity contribution in [3.63, 3.8) is 0 Å². The minimum atomic E-state index is -0.392. The number of ether oxygens (including phenoxy) is 1. The molecule has 1 aliphatic heterocycles. The number of hydrogen-bond acceptors (Lipinski definition) is 2. The highest BCUT2D eigenvalue weighted by molar-refractivity contribution is 6.30. The van der Waals surface area contributed by atoms with Crippen LogP contribution in [0.25, 0.3) is 0 Å². The van der Waals surface area contributed by atoms with Crippen LogP contribution in [0.4, 0.5) is 0 Å². The molecule has 0 saturated carbocycles. The summed E-state index contributed by atoms with van der Waals surface area (Å²) in [5.74, 6) is 0.751. The quantitative estimate of drug-likeness (QED) is 0.591. The fourth-order valence-corrected chi connectivity index (χ4v) is 2.94. The largest absolute Gasteiger partial charge is 0.632 e. The fourth-order valence-electron chi connectivity index (χ4n) is 2.75. The molecule has 0 bridgehead atoms. The molecule has 1 heterocycles. The molecule has 1 aliphatic rings. The van der Waals surface area contributed by atoms with Crippen molar-refractivity contribution in [1.82, 2.24) is 0 Å². The SMILES string of the molecule is C[N+]1([O-])CCOc2ccc(Cl)cc2C1c1ccccc1. The van der Waals surface area contributed by atoms with E-state index in [1.165, 1.54) is 0 Å². The maximum atomic E-state index is 13.0. The molecular weight excluding hydrogens is 274 g/mol. The molecule has 2 aromatic carbocycles. The van der Waals surface area contributed by atoms with Crippen LogP contribution < -0.4 is 4.74 Å². The van der Waals surface area contributed by atoms with Gasteiger partial charge in [-0.3, -0.25) is 0 Å². The first kappa shape index (κ1) is 13.4. The van der Waals surface area contributed by atoms with Crippen LogP contribution in [0.5, 0.6) is 5.75 Å². The van der Waals surface area contributed by atoms with E-state index in [1.807, 2.05) is 42.5 Å². The van der Waals surface area contributed by atoms with Crippen LogP contribution in [-0.4, -0.2) is 24.8 Å². The summed E-state index contributed by atoms with van der Waals surface area (Å²) < 4.78 is 5.33. The molecule has 104 valence electrons. The first-order chi connectivity index (χ1) is 9.58. The van der Waals surface area contributed by atoms with Crippen LogP contribution in [0.1, 0.15) is 17.2 Å². The Kier molecular flexibility index (Phi) is 3.42. The van der Waals surface area contributed by atoms with Crippen molar-refractivity contribution in [3.05, 3.63) is 69.9 Å². The van der Waals surface area contributed by atoms with Gasteiger partial charge >= 0.3 is 0 Å². The summed E-state index contributed by atoms with van der Waals surface area (Å²) in [6.07, 6.45) is 0. The number of hydroxylamine groups is 3. The second-order valence-electron chi connectivity index (χ2n) is 5.24. The minimum Gasteiger partial charge on any atom is -0.632 e. The van der Waals surface area contributed by atoms with Crippen molar-refractivity contribution in [2.75, 3.05) is 20.2 Å². The number of halogens is 1. The lowest BCUT2D eigenvalue weighted by Crippen LogP contribution is -2.43. The van der Waals surface area contributed by atoms with E-state index >= 15 is 0 Å². The standard InChI is InChI=1S/C16H16ClNO2/c1-18(19)9-10-20-15-8-7-13(17)11-14(15)16(18)12-5-3-2-4-6-12/h2-8,11,16H,9-10H2,1H3. The molecule has 0 amide bonds. The van der Waals surface area contributed by atoms with Crippen LogP contribution in [0, 0.1) is 5.21 Å². The van der Waals surface area contributed by atoms with Crippen LogP contribution in [0.3, 0.4) is 0 Å². The molecule has 0 N–H and O–H groups in total. The van der Waals surface area contributed by atoms with Gasteiger partial charge in [0, 0.05) is 10.6 Å². The van der Waals surface area contributed by atoms with Crippen LogP contribution in [-0.2, 0) is 0 Å². The fraction of sp³-hybridized carbons (Fsp3) is 0.250. The predicted octanol–water partition coefficient (Wildman–Crippen LogP) is 3.77. The van der Waals surface area contributed by atoms with Crippen molar-refractivity contribution in [3.8, 4) is 5.75 Å². The van der Waals surface area contributed by atoms with Gasteiger partial charge in [0.2, 0.25) is 0 Å². The number of benzene rings is 2. The van der Waals surface area contributed by atoms with Crippen molar-refractivity contribution >= 4 is 11.6 Å². The van der Waals surface area contributed by atoms with Gasteiger partial charge in [-0.25, -0.2) is 0 Å². The summed E-state index contributed by atoms with van der Waals surface area (Å²) >= 11 is 6.11. The van der Waals surface area contributed by atoms with Gasteiger partial charge in [0.25, 0.3) is 0 Å². The van der Waals surface area contributed by atoms with Crippen LogP contribution >= 0.6 is 11.6 Å². The molecular formula is C16H16ClNO2. The Bertz CT molecular complexity index is 613. The van der Waals surface area contributed by atoms with E-state index in [9.17, 15) is 5.21 Å². The summed E-state index contributed by atoms with van der Waals surface area (Å²) in [5.41, 5.74) is 1.85. The van der Waals surface area contributed by atoms with Gasteiger partial charge in [-0.15, -0.1) is 0 Å². The molecule has 4 heteroatoms. The highest BCUT2D eigenvalue weighted by Crippen LogP contribution is 2.40. The van der Waals surface area contributed by atoms with Gasteiger partial charge in [0.1, 0.15) is 24.9 Å². The lowest BCUT2D eigenvalue weighted by atomic mass is 9.96. The first-order valence-corrected chi connectivity index (χ1v) is 6.99. The number of nitrogens with zero attached hydrogens (tertiary/aromatic N) is 1. The van der Waals surface area contributed by atoms with Gasteiger partial charge in [-0.2, -0.15) is 0 Å². The zero-order valence-corrected chi connectivity index (χ0v) is 12.0. The number of rotatable bonds is 1. The lowest BCUT2D eigenvalue weighted by molar-refractivity contribution is -0.885. The van der Waals surface area contributed by atoms with Crippen LogP contribution in [0.2, 0.25) is 5.02 Å². The molecule has 3 rings (SSSR count). The third-order valence-corrected chi connectivity index (χ3v) is 3.96. The van der Waals surface area contributed by atoms with E-state index in [4.69, 9.17) is 16.3 Å². The number of hydrogen-bond donors (Lipinski definition) is 0. The Morgan fingerprint density at radius 3 is 2.70 bits per heavy atom. The molecule has 2 atom stereocenters. The summed E-state index contributed by atoms with van der Waals surface area (Å²) in [7, 11) is 1.69.